The van der Waals surface area contributed by atoms with Crippen LogP contribution in [-0.2, 0) is 4.74 Å². The minimum Gasteiger partial charge on any atom is -0.377 e. The van der Waals surface area contributed by atoms with Gasteiger partial charge in [0, 0.05) is 24.2 Å². The van der Waals surface area contributed by atoms with Crippen LogP contribution in [0.4, 0.5) is 0 Å². The molecule has 2 aliphatic rings. The highest BCUT2D eigenvalue weighted by Gasteiger charge is 2.25. The van der Waals surface area contributed by atoms with Crippen LogP contribution in [0.25, 0.3) is 0 Å². The summed E-state index contributed by atoms with van der Waals surface area (Å²) >= 11 is 0. The molecule has 2 fully saturated rings. The molecule has 2 rings (SSSR count). The third-order valence-corrected chi connectivity index (χ3v) is 7.20. The zero-order valence-corrected chi connectivity index (χ0v) is 23.2. The molecule has 2 atom stereocenters. The highest BCUT2D eigenvalue weighted by molar-refractivity contribution is 4.82. The molecule has 0 aromatic rings. The molecule has 0 spiro atoms. The summed E-state index contributed by atoms with van der Waals surface area (Å²) in [7, 11) is 0. The second-order valence-corrected chi connectivity index (χ2v) is 12.0. The molecule has 0 amide bonds. The summed E-state index contributed by atoms with van der Waals surface area (Å²) in [6, 6.07) is 2.53. The van der Waals surface area contributed by atoms with Gasteiger partial charge in [-0.15, -0.1) is 0 Å². The Hall–Kier alpha value is -0.120. The molecule has 3 heteroatoms. The number of nitrogens with one attached hydrogen (secondary N) is 2. The minimum absolute atomic E-state index is 0.347. The highest BCUT2D eigenvalue weighted by atomic mass is 16.5. The molecule has 0 heterocycles. The largest absolute Gasteiger partial charge is 0.377 e. The fourth-order valence-electron chi connectivity index (χ4n) is 5.51. The number of hydrogen-bond donors (Lipinski definition) is 2. The summed E-state index contributed by atoms with van der Waals surface area (Å²) in [5.41, 5.74) is 0. The average Bonchev–Trinajstić information content (AvgIpc) is 2.75. The van der Waals surface area contributed by atoms with Crippen LogP contribution in [-0.4, -0.2) is 36.9 Å². The van der Waals surface area contributed by atoms with E-state index in [-0.39, 0.29) is 0 Å². The first kappa shape index (κ1) is 29.9. The SMILES string of the molecule is CC(C)CCC(NC(C)C)C1CCCCC1.CC(C)NC(COC(C)C)C1CCCCC1. The summed E-state index contributed by atoms with van der Waals surface area (Å²) in [4.78, 5) is 0. The first-order valence-corrected chi connectivity index (χ1v) is 14.3. The lowest BCUT2D eigenvalue weighted by molar-refractivity contribution is 0.0406. The maximum absolute atomic E-state index is 5.80. The van der Waals surface area contributed by atoms with Crippen LogP contribution in [0.15, 0.2) is 0 Å². The van der Waals surface area contributed by atoms with E-state index in [9.17, 15) is 0 Å². The van der Waals surface area contributed by atoms with Gasteiger partial charge >= 0.3 is 0 Å². The third kappa shape index (κ3) is 14.2. The molecular weight excluding hydrogens is 392 g/mol. The topological polar surface area (TPSA) is 33.3 Å². The van der Waals surface area contributed by atoms with E-state index in [2.05, 4.69) is 66.0 Å². The van der Waals surface area contributed by atoms with E-state index >= 15 is 0 Å². The lowest BCUT2D eigenvalue weighted by Crippen LogP contribution is -2.44. The standard InChI is InChI=1S/C15H31N.C14H29NO/c1-12(2)10-11-15(16-13(3)4)14-8-6-5-7-9-14;1-11(2)15-14(10-16-12(3)4)13-8-6-5-7-9-13/h12-16H,5-11H2,1-4H3;11-15H,5-10H2,1-4H3. The van der Waals surface area contributed by atoms with Crippen LogP contribution >= 0.6 is 0 Å². The van der Waals surface area contributed by atoms with Gasteiger partial charge in [-0.25, -0.2) is 0 Å². The molecule has 0 bridgehead atoms. The lowest BCUT2D eigenvalue weighted by Gasteiger charge is -2.33. The third-order valence-electron chi connectivity index (χ3n) is 7.20. The molecule has 0 saturated heterocycles. The van der Waals surface area contributed by atoms with E-state index in [1.165, 1.54) is 77.0 Å². The zero-order valence-electron chi connectivity index (χ0n) is 23.2. The summed E-state index contributed by atoms with van der Waals surface area (Å²) in [6.45, 7) is 18.8. The van der Waals surface area contributed by atoms with Crippen LogP contribution in [0.5, 0.6) is 0 Å². The van der Waals surface area contributed by atoms with E-state index in [0.29, 0.717) is 24.2 Å². The summed E-state index contributed by atoms with van der Waals surface area (Å²) < 4.78 is 5.80. The highest BCUT2D eigenvalue weighted by Crippen LogP contribution is 2.29. The van der Waals surface area contributed by atoms with Gasteiger partial charge in [0.15, 0.2) is 0 Å². The Labute approximate surface area is 202 Å². The minimum atomic E-state index is 0.347. The van der Waals surface area contributed by atoms with Gasteiger partial charge in [0.25, 0.3) is 0 Å². The van der Waals surface area contributed by atoms with Crippen molar-refractivity contribution in [2.24, 2.45) is 17.8 Å². The molecule has 0 radical (unpaired) electrons. The van der Waals surface area contributed by atoms with Crippen molar-refractivity contribution < 1.29 is 4.74 Å². The first-order valence-electron chi connectivity index (χ1n) is 14.3. The Morgan fingerprint density at radius 1 is 0.594 bits per heavy atom. The monoisotopic (exact) mass is 452 g/mol. The maximum atomic E-state index is 5.80. The second-order valence-electron chi connectivity index (χ2n) is 12.0. The van der Waals surface area contributed by atoms with Gasteiger partial charge in [0.1, 0.15) is 0 Å². The molecule has 2 unspecified atom stereocenters. The molecule has 0 aliphatic heterocycles. The van der Waals surface area contributed by atoms with E-state index in [1.54, 1.807) is 0 Å². The van der Waals surface area contributed by atoms with Crippen LogP contribution in [0, 0.1) is 17.8 Å². The van der Waals surface area contributed by atoms with E-state index in [4.69, 9.17) is 4.74 Å². The van der Waals surface area contributed by atoms with Crippen molar-refractivity contribution in [3.63, 3.8) is 0 Å². The average molecular weight is 453 g/mol. The Morgan fingerprint density at radius 3 is 1.44 bits per heavy atom. The first-order chi connectivity index (χ1) is 15.2. The van der Waals surface area contributed by atoms with Crippen LogP contribution in [0.2, 0.25) is 0 Å². The predicted octanol–water partition coefficient (Wildman–Crippen LogP) is 7.73. The molecule has 0 aromatic heterocycles. The van der Waals surface area contributed by atoms with E-state index < -0.39 is 0 Å². The zero-order chi connectivity index (χ0) is 23.9. The van der Waals surface area contributed by atoms with Gasteiger partial charge in [-0.3, -0.25) is 0 Å². The predicted molar refractivity (Wildman–Crippen MR) is 142 cm³/mol. The van der Waals surface area contributed by atoms with Gasteiger partial charge in [0.05, 0.1) is 12.7 Å². The molecular formula is C29H60N2O. The van der Waals surface area contributed by atoms with E-state index in [1.807, 2.05) is 0 Å². The van der Waals surface area contributed by atoms with Crippen molar-refractivity contribution in [2.45, 2.75) is 163 Å². The lowest BCUT2D eigenvalue weighted by atomic mass is 9.81. The fraction of sp³-hybridized carbons (Fsp3) is 1.00. The van der Waals surface area contributed by atoms with Gasteiger partial charge in [-0.05, 0) is 70.1 Å². The molecule has 3 nitrogen and oxygen atoms in total. The van der Waals surface area contributed by atoms with Crippen LogP contribution in [0.3, 0.4) is 0 Å². The Balaban J connectivity index is 0.000000320. The van der Waals surface area contributed by atoms with Crippen LogP contribution < -0.4 is 10.6 Å². The Morgan fingerprint density at radius 2 is 1.03 bits per heavy atom. The van der Waals surface area contributed by atoms with Gasteiger partial charge in [-0.2, -0.15) is 0 Å². The molecule has 2 saturated carbocycles. The smallest absolute Gasteiger partial charge is 0.0625 e. The number of hydrogen-bond acceptors (Lipinski definition) is 3. The summed E-state index contributed by atoms with van der Waals surface area (Å²) in [6.07, 6.45) is 17.4. The van der Waals surface area contributed by atoms with Gasteiger partial charge in [0.2, 0.25) is 0 Å². The Kier molecular flexibility index (Phi) is 16.2. The fourth-order valence-corrected chi connectivity index (χ4v) is 5.51. The van der Waals surface area contributed by atoms with Crippen LogP contribution in [0.1, 0.15) is 132 Å². The Bertz CT molecular complexity index is 383. The van der Waals surface area contributed by atoms with Crippen molar-refractivity contribution in [1.29, 1.82) is 0 Å². The van der Waals surface area contributed by atoms with Crippen molar-refractivity contribution in [2.75, 3.05) is 6.61 Å². The molecule has 32 heavy (non-hydrogen) atoms. The van der Waals surface area contributed by atoms with Crippen molar-refractivity contribution in [3.8, 4) is 0 Å². The normalized spacial score (nSPS) is 20.6. The maximum Gasteiger partial charge on any atom is 0.0625 e. The molecule has 2 aliphatic carbocycles. The van der Waals surface area contributed by atoms with Crippen molar-refractivity contribution in [3.05, 3.63) is 0 Å². The molecule has 2 N–H and O–H groups in total. The second kappa shape index (κ2) is 17.3. The number of ether oxygens (including phenoxy) is 1. The van der Waals surface area contributed by atoms with Gasteiger partial charge < -0.3 is 15.4 Å². The molecule has 192 valence electrons. The van der Waals surface area contributed by atoms with Gasteiger partial charge in [-0.1, -0.05) is 80.1 Å². The molecule has 0 aromatic carbocycles. The summed E-state index contributed by atoms with van der Waals surface area (Å²) in [5.74, 6) is 2.63. The quantitative estimate of drug-likeness (QED) is 0.318. The van der Waals surface area contributed by atoms with Crippen molar-refractivity contribution >= 4 is 0 Å². The number of rotatable bonds is 12. The van der Waals surface area contributed by atoms with Crippen molar-refractivity contribution in [1.82, 2.24) is 10.6 Å². The summed E-state index contributed by atoms with van der Waals surface area (Å²) in [5, 5.41) is 7.48. The van der Waals surface area contributed by atoms with E-state index in [0.717, 1.165) is 30.4 Å².